The monoisotopic (exact) mass is 323 g/mol. The summed E-state index contributed by atoms with van der Waals surface area (Å²) in [4.78, 5) is 34.5. The van der Waals surface area contributed by atoms with E-state index >= 15 is 0 Å². The van der Waals surface area contributed by atoms with Crippen LogP contribution in [0, 0.1) is 0 Å². The second-order valence-corrected chi connectivity index (χ2v) is 5.82. The van der Waals surface area contributed by atoms with Crippen LogP contribution in [0.3, 0.4) is 0 Å². The molecule has 1 aromatic carbocycles. The van der Waals surface area contributed by atoms with Gasteiger partial charge in [0.25, 0.3) is 5.91 Å². The zero-order valence-electron chi connectivity index (χ0n) is 13.3. The summed E-state index contributed by atoms with van der Waals surface area (Å²) in [5.41, 5.74) is 4.76. The number of alkyl carbamates (subject to hydrolysis) is 1. The van der Waals surface area contributed by atoms with Gasteiger partial charge in [0.1, 0.15) is 11.4 Å². The Hall–Kier alpha value is -2.77. The van der Waals surface area contributed by atoms with Gasteiger partial charge in [-0.3, -0.25) is 9.59 Å². The summed E-state index contributed by atoms with van der Waals surface area (Å²) < 4.78 is 5.03. The summed E-state index contributed by atoms with van der Waals surface area (Å²) in [7, 11) is 0. The minimum atomic E-state index is -0.775. The van der Waals surface area contributed by atoms with E-state index in [4.69, 9.17) is 10.5 Å². The number of hydrogen-bond acceptors (Lipinski definition) is 5. The maximum Gasteiger partial charge on any atom is 0.407 e. The first-order valence-corrected chi connectivity index (χ1v) is 6.98. The number of hydrogen-bond donors (Lipinski definition) is 4. The lowest BCUT2D eigenvalue weighted by atomic mass is 10.1. The zero-order valence-corrected chi connectivity index (χ0v) is 13.3. The first kappa shape index (κ1) is 18.3. The molecule has 126 valence electrons. The quantitative estimate of drug-likeness (QED) is 0.607. The Bertz CT molecular complexity index is 608. The van der Waals surface area contributed by atoms with Gasteiger partial charge >= 0.3 is 6.09 Å². The molecular formula is C15H21N3O5. The molecule has 0 unspecified atom stereocenters. The number of phenols is 1. The standard InChI is InChI=1S/C15H21N3O5/c1-15(2,3)23-14(22)17-7-6-12(20)18-11-5-4-9(19)8-10(11)13(16)21/h4-5,8,19H,6-7H2,1-3H3,(H2,16,21)(H,17,22)(H,18,20). The Morgan fingerprint density at radius 1 is 1.26 bits per heavy atom. The van der Waals surface area contributed by atoms with Crippen LogP contribution in [0.2, 0.25) is 0 Å². The topological polar surface area (TPSA) is 131 Å². The van der Waals surface area contributed by atoms with Crippen molar-refractivity contribution >= 4 is 23.6 Å². The number of rotatable bonds is 5. The van der Waals surface area contributed by atoms with Crippen LogP contribution >= 0.6 is 0 Å². The van der Waals surface area contributed by atoms with Gasteiger partial charge in [0.05, 0.1) is 11.3 Å². The van der Waals surface area contributed by atoms with Crippen molar-refractivity contribution in [1.29, 1.82) is 0 Å². The molecule has 0 spiro atoms. The summed E-state index contributed by atoms with van der Waals surface area (Å²) in [5.74, 6) is -1.33. The Balaban J connectivity index is 2.52. The van der Waals surface area contributed by atoms with Crippen LogP contribution in [0.25, 0.3) is 0 Å². The van der Waals surface area contributed by atoms with Crippen molar-refractivity contribution in [2.75, 3.05) is 11.9 Å². The van der Waals surface area contributed by atoms with Gasteiger partial charge in [0.2, 0.25) is 5.91 Å². The average Bonchev–Trinajstić information content (AvgIpc) is 2.38. The van der Waals surface area contributed by atoms with Crippen LogP contribution in [0.5, 0.6) is 5.75 Å². The zero-order chi connectivity index (χ0) is 17.6. The molecular weight excluding hydrogens is 302 g/mol. The van der Waals surface area contributed by atoms with Gasteiger partial charge in [-0.1, -0.05) is 0 Å². The first-order chi connectivity index (χ1) is 10.6. The largest absolute Gasteiger partial charge is 0.508 e. The number of anilines is 1. The lowest BCUT2D eigenvalue weighted by molar-refractivity contribution is -0.116. The predicted octanol–water partition coefficient (Wildman–Crippen LogP) is 1.34. The summed E-state index contributed by atoms with van der Waals surface area (Å²) >= 11 is 0. The van der Waals surface area contributed by atoms with Crippen molar-refractivity contribution in [2.24, 2.45) is 5.73 Å². The van der Waals surface area contributed by atoms with Crippen molar-refractivity contribution in [3.63, 3.8) is 0 Å². The Morgan fingerprint density at radius 3 is 2.48 bits per heavy atom. The van der Waals surface area contributed by atoms with Crippen LogP contribution < -0.4 is 16.4 Å². The first-order valence-electron chi connectivity index (χ1n) is 6.98. The molecule has 0 bridgehead atoms. The number of benzene rings is 1. The van der Waals surface area contributed by atoms with Crippen molar-refractivity contribution < 1.29 is 24.2 Å². The molecule has 0 aliphatic carbocycles. The molecule has 0 saturated carbocycles. The van der Waals surface area contributed by atoms with E-state index in [1.807, 2.05) is 0 Å². The minimum Gasteiger partial charge on any atom is -0.508 e. The number of nitrogens with two attached hydrogens (primary N) is 1. The fourth-order valence-corrected chi connectivity index (χ4v) is 1.65. The van der Waals surface area contributed by atoms with Crippen molar-refractivity contribution in [1.82, 2.24) is 5.32 Å². The third-order valence-corrected chi connectivity index (χ3v) is 2.56. The van der Waals surface area contributed by atoms with Gasteiger partial charge in [-0.15, -0.1) is 0 Å². The average molecular weight is 323 g/mol. The SMILES string of the molecule is CC(C)(C)OC(=O)NCCC(=O)Nc1ccc(O)cc1C(N)=O. The summed E-state index contributed by atoms with van der Waals surface area (Å²) in [6.07, 6.45) is -0.633. The number of amides is 3. The molecule has 1 aromatic rings. The van der Waals surface area contributed by atoms with E-state index in [1.165, 1.54) is 12.1 Å². The molecule has 0 saturated heterocycles. The van der Waals surface area contributed by atoms with Gasteiger partial charge in [-0.05, 0) is 39.0 Å². The van der Waals surface area contributed by atoms with E-state index in [-0.39, 0.29) is 30.0 Å². The number of carbonyl (C=O) groups excluding carboxylic acids is 3. The van der Waals surface area contributed by atoms with Gasteiger partial charge in [-0.2, -0.15) is 0 Å². The van der Waals surface area contributed by atoms with Gasteiger partial charge in [0.15, 0.2) is 0 Å². The maximum atomic E-state index is 11.8. The lowest BCUT2D eigenvalue weighted by Gasteiger charge is -2.19. The molecule has 0 atom stereocenters. The van der Waals surface area contributed by atoms with E-state index in [0.717, 1.165) is 6.07 Å². The Kier molecular flexibility index (Phi) is 5.94. The van der Waals surface area contributed by atoms with E-state index in [0.29, 0.717) is 0 Å². The lowest BCUT2D eigenvalue weighted by Crippen LogP contribution is -2.34. The third kappa shape index (κ3) is 6.68. The summed E-state index contributed by atoms with van der Waals surface area (Å²) in [6, 6.07) is 3.85. The molecule has 1 rings (SSSR count). The molecule has 3 amide bonds. The van der Waals surface area contributed by atoms with Gasteiger partial charge in [-0.25, -0.2) is 4.79 Å². The molecule has 0 fully saturated rings. The van der Waals surface area contributed by atoms with Crippen molar-refractivity contribution in [3.8, 4) is 5.75 Å². The molecule has 8 nitrogen and oxygen atoms in total. The maximum absolute atomic E-state index is 11.8. The number of phenolic OH excluding ortho intramolecular Hbond substituents is 1. The van der Waals surface area contributed by atoms with Crippen LogP contribution in [0.4, 0.5) is 10.5 Å². The molecule has 8 heteroatoms. The van der Waals surface area contributed by atoms with Crippen LogP contribution in [-0.2, 0) is 9.53 Å². The van der Waals surface area contributed by atoms with Crippen LogP contribution in [0.15, 0.2) is 18.2 Å². The van der Waals surface area contributed by atoms with E-state index in [9.17, 15) is 19.5 Å². The van der Waals surface area contributed by atoms with Gasteiger partial charge < -0.3 is 26.2 Å². The second-order valence-electron chi connectivity index (χ2n) is 5.82. The summed E-state index contributed by atoms with van der Waals surface area (Å²) in [6.45, 7) is 5.27. The fourth-order valence-electron chi connectivity index (χ4n) is 1.65. The van der Waals surface area contributed by atoms with Crippen molar-refractivity contribution in [3.05, 3.63) is 23.8 Å². The highest BCUT2D eigenvalue weighted by molar-refractivity contribution is 6.03. The smallest absolute Gasteiger partial charge is 0.407 e. The highest BCUT2D eigenvalue weighted by atomic mass is 16.6. The Morgan fingerprint density at radius 2 is 1.91 bits per heavy atom. The fraction of sp³-hybridized carbons (Fsp3) is 0.400. The van der Waals surface area contributed by atoms with E-state index in [2.05, 4.69) is 10.6 Å². The third-order valence-electron chi connectivity index (χ3n) is 2.56. The number of carbonyl (C=O) groups is 3. The highest BCUT2D eigenvalue weighted by Gasteiger charge is 2.16. The molecule has 0 aliphatic rings. The molecule has 0 aliphatic heterocycles. The highest BCUT2D eigenvalue weighted by Crippen LogP contribution is 2.20. The normalized spacial score (nSPS) is 10.7. The molecule has 0 radical (unpaired) electrons. The molecule has 23 heavy (non-hydrogen) atoms. The minimum absolute atomic E-state index is 0.00143. The molecule has 0 aromatic heterocycles. The van der Waals surface area contributed by atoms with E-state index in [1.54, 1.807) is 20.8 Å². The molecule has 5 N–H and O–H groups in total. The van der Waals surface area contributed by atoms with E-state index < -0.39 is 23.5 Å². The van der Waals surface area contributed by atoms with Crippen LogP contribution in [-0.4, -0.2) is 35.2 Å². The molecule has 0 heterocycles. The number of primary amides is 1. The van der Waals surface area contributed by atoms with Crippen molar-refractivity contribution in [2.45, 2.75) is 32.8 Å². The number of ether oxygens (including phenoxy) is 1. The predicted molar refractivity (Wildman–Crippen MR) is 84.1 cm³/mol. The number of aromatic hydroxyl groups is 1. The second kappa shape index (κ2) is 7.48. The summed E-state index contributed by atoms with van der Waals surface area (Å²) in [5, 5.41) is 14.3. The number of nitrogens with one attached hydrogen (secondary N) is 2. The van der Waals surface area contributed by atoms with Gasteiger partial charge in [0, 0.05) is 13.0 Å². The van der Waals surface area contributed by atoms with Crippen LogP contribution in [0.1, 0.15) is 37.6 Å². The Labute approximate surface area is 134 Å².